The molecule has 0 atom stereocenters. The second kappa shape index (κ2) is 3.67. The summed E-state index contributed by atoms with van der Waals surface area (Å²) in [7, 11) is 0. The molecule has 1 N–H and O–H groups in total. The van der Waals surface area contributed by atoms with Gasteiger partial charge in [0, 0.05) is 0 Å². The van der Waals surface area contributed by atoms with E-state index in [1.54, 1.807) is 22.9 Å². The van der Waals surface area contributed by atoms with Gasteiger partial charge >= 0.3 is 0 Å². The van der Waals surface area contributed by atoms with Crippen LogP contribution in [-0.4, -0.2) is 11.8 Å². The average Bonchev–Trinajstić information content (AvgIpc) is 1.65. The predicted molar refractivity (Wildman–Crippen MR) is 32.9 cm³/mol. The maximum atomic E-state index is 9.93. The zero-order valence-corrected chi connectivity index (χ0v) is 5.78. The average molecular weight is 219 g/mol. The lowest BCUT2D eigenvalue weighted by Crippen LogP contribution is -2.11. The zero-order valence-electron chi connectivity index (χ0n) is 2.87. The minimum absolute atomic E-state index is 0.0446. The third-order valence-corrected chi connectivity index (χ3v) is 1.07. The summed E-state index contributed by atoms with van der Waals surface area (Å²) >= 11 is 6.76. The Hall–Kier alpha value is 0.490. The molecule has 0 rings (SSSR count). The van der Waals surface area contributed by atoms with Gasteiger partial charge in [0.25, 0.3) is 0 Å². The number of hydrogen-bond donors (Lipinski definition) is 1. The largest absolute Gasteiger partial charge is 0.298 e. The van der Waals surface area contributed by atoms with Gasteiger partial charge in [0.05, 0.1) is 22.9 Å². The Kier molecular flexibility index (Phi) is 3.97. The maximum Gasteiger partial charge on any atom is 0.243 e. The fraction of sp³-hybridized carbons (Fsp3) is 0.500. The van der Waals surface area contributed by atoms with Gasteiger partial charge in [-0.15, -0.1) is 11.6 Å². The fourth-order valence-electron chi connectivity index (χ4n) is 0.0253. The van der Waals surface area contributed by atoms with Crippen molar-refractivity contribution in [3.05, 3.63) is 0 Å². The van der Waals surface area contributed by atoms with E-state index in [-0.39, 0.29) is 11.8 Å². The van der Waals surface area contributed by atoms with Gasteiger partial charge < -0.3 is 0 Å². The van der Waals surface area contributed by atoms with E-state index < -0.39 is 0 Å². The summed E-state index contributed by atoms with van der Waals surface area (Å²) in [6, 6.07) is 0. The molecule has 0 spiro atoms. The lowest BCUT2D eigenvalue weighted by molar-refractivity contribution is -0.116. The smallest absolute Gasteiger partial charge is 0.243 e. The third-order valence-electron chi connectivity index (χ3n) is 0.227. The summed E-state index contributed by atoms with van der Waals surface area (Å²) in [4.78, 5) is 9.93. The van der Waals surface area contributed by atoms with Gasteiger partial charge in [0.1, 0.15) is 5.88 Å². The van der Waals surface area contributed by atoms with E-state index in [4.69, 9.17) is 11.6 Å². The Bertz CT molecular complexity index is 51.5. The number of hydrogen-bond acceptors (Lipinski definition) is 1. The molecule has 0 unspecified atom stereocenters. The highest BCUT2D eigenvalue weighted by molar-refractivity contribution is 14.1. The number of nitrogens with one attached hydrogen (secondary N) is 1. The zero-order chi connectivity index (χ0) is 4.99. The number of carbonyl (C=O) groups is 1. The van der Waals surface area contributed by atoms with Crippen molar-refractivity contribution < 1.29 is 4.79 Å². The van der Waals surface area contributed by atoms with Crippen LogP contribution < -0.4 is 3.53 Å². The van der Waals surface area contributed by atoms with Crippen LogP contribution in [0.25, 0.3) is 0 Å². The Labute approximate surface area is 54.7 Å². The Morgan fingerprint density at radius 1 is 2.00 bits per heavy atom. The van der Waals surface area contributed by atoms with E-state index in [1.807, 2.05) is 0 Å². The summed E-state index contributed by atoms with van der Waals surface area (Å²) in [6.07, 6.45) is 0. The number of halogens is 2. The van der Waals surface area contributed by atoms with Gasteiger partial charge in [-0.1, -0.05) is 0 Å². The summed E-state index contributed by atoms with van der Waals surface area (Å²) in [6.45, 7) is 0. The minimum Gasteiger partial charge on any atom is -0.298 e. The van der Waals surface area contributed by atoms with E-state index >= 15 is 0 Å². The molecule has 0 radical (unpaired) electrons. The van der Waals surface area contributed by atoms with Gasteiger partial charge in [0.2, 0.25) is 5.91 Å². The standard InChI is InChI=1S/C2H3ClINO/c3-1-2(6)5-4/h1H2,(H,5,6). The van der Waals surface area contributed by atoms with Gasteiger partial charge in [-0.25, -0.2) is 0 Å². The molecule has 4 heteroatoms. The van der Waals surface area contributed by atoms with E-state index in [9.17, 15) is 4.79 Å². The highest BCUT2D eigenvalue weighted by Gasteiger charge is 1.88. The highest BCUT2D eigenvalue weighted by Crippen LogP contribution is 1.75. The van der Waals surface area contributed by atoms with Gasteiger partial charge in [-0.3, -0.25) is 8.32 Å². The minimum atomic E-state index is -0.155. The summed E-state index contributed by atoms with van der Waals surface area (Å²) in [5.41, 5.74) is 0. The van der Waals surface area contributed by atoms with Crippen molar-refractivity contribution in [3.8, 4) is 0 Å². The lowest BCUT2D eigenvalue weighted by Gasteiger charge is -1.83. The molecule has 0 aliphatic carbocycles. The van der Waals surface area contributed by atoms with Crippen molar-refractivity contribution in [3.63, 3.8) is 0 Å². The van der Waals surface area contributed by atoms with Crippen molar-refractivity contribution in [2.24, 2.45) is 0 Å². The van der Waals surface area contributed by atoms with Crippen molar-refractivity contribution in [2.75, 3.05) is 5.88 Å². The molecule has 0 aliphatic heterocycles. The number of amides is 1. The van der Waals surface area contributed by atoms with Crippen LogP contribution in [0.5, 0.6) is 0 Å². The molecular weight excluding hydrogens is 216 g/mol. The van der Waals surface area contributed by atoms with E-state index in [2.05, 4.69) is 3.53 Å². The monoisotopic (exact) mass is 219 g/mol. The van der Waals surface area contributed by atoms with Crippen LogP contribution in [-0.2, 0) is 4.79 Å². The lowest BCUT2D eigenvalue weighted by atomic mass is 10.8. The Morgan fingerprint density at radius 3 is 2.50 bits per heavy atom. The first-order valence-electron chi connectivity index (χ1n) is 1.26. The number of alkyl halides is 1. The summed E-state index contributed by atoms with van der Waals surface area (Å²) < 4.78 is 2.31. The second-order valence-corrected chi connectivity index (χ2v) is 1.46. The molecule has 0 aliphatic rings. The first-order chi connectivity index (χ1) is 2.81. The predicted octanol–water partition coefficient (Wildman–Crippen LogP) is 0.691. The maximum absolute atomic E-state index is 9.93. The molecular formula is C2H3ClINO. The van der Waals surface area contributed by atoms with Gasteiger partial charge in [-0.05, 0) is 0 Å². The quantitative estimate of drug-likeness (QED) is 0.392. The second-order valence-electron chi connectivity index (χ2n) is 0.651. The van der Waals surface area contributed by atoms with Crippen LogP contribution in [0.1, 0.15) is 0 Å². The van der Waals surface area contributed by atoms with Crippen LogP contribution in [0.4, 0.5) is 0 Å². The number of carbonyl (C=O) groups excluding carboxylic acids is 1. The molecule has 2 nitrogen and oxygen atoms in total. The van der Waals surface area contributed by atoms with Gasteiger partial charge in [-0.2, -0.15) is 0 Å². The molecule has 36 valence electrons. The Balaban J connectivity index is 2.99. The molecule has 0 saturated heterocycles. The molecule has 0 bridgehead atoms. The summed E-state index contributed by atoms with van der Waals surface area (Å²) in [5, 5.41) is 0. The normalized spacial score (nSPS) is 7.67. The van der Waals surface area contributed by atoms with Crippen molar-refractivity contribution in [1.29, 1.82) is 0 Å². The molecule has 6 heavy (non-hydrogen) atoms. The van der Waals surface area contributed by atoms with Gasteiger partial charge in [0.15, 0.2) is 0 Å². The Morgan fingerprint density at radius 2 is 2.50 bits per heavy atom. The van der Waals surface area contributed by atoms with E-state index in [0.29, 0.717) is 0 Å². The van der Waals surface area contributed by atoms with Crippen LogP contribution in [0.3, 0.4) is 0 Å². The first-order valence-corrected chi connectivity index (χ1v) is 2.88. The van der Waals surface area contributed by atoms with Crippen LogP contribution in [0.15, 0.2) is 0 Å². The van der Waals surface area contributed by atoms with Crippen molar-refractivity contribution in [2.45, 2.75) is 0 Å². The van der Waals surface area contributed by atoms with E-state index in [0.717, 1.165) is 0 Å². The SMILES string of the molecule is O=C(CCl)NI. The third kappa shape index (κ3) is 2.71. The fourth-order valence-corrected chi connectivity index (χ4v) is 0.508. The van der Waals surface area contributed by atoms with Crippen LogP contribution >= 0.6 is 34.5 Å². The molecule has 1 amide bonds. The molecule has 0 saturated carbocycles. The summed E-state index contributed by atoms with van der Waals surface area (Å²) in [5.74, 6) is -0.111. The van der Waals surface area contributed by atoms with Crippen molar-refractivity contribution in [1.82, 2.24) is 3.53 Å². The molecule has 0 aromatic heterocycles. The first kappa shape index (κ1) is 6.49. The van der Waals surface area contributed by atoms with Crippen molar-refractivity contribution >= 4 is 40.4 Å². The molecule has 0 aromatic rings. The van der Waals surface area contributed by atoms with Crippen LogP contribution in [0, 0.1) is 0 Å². The molecule has 0 fully saturated rings. The molecule has 0 heterocycles. The molecule has 0 aromatic carbocycles. The van der Waals surface area contributed by atoms with E-state index in [1.165, 1.54) is 0 Å². The van der Waals surface area contributed by atoms with Crippen LogP contribution in [0.2, 0.25) is 0 Å². The number of rotatable bonds is 1. The topological polar surface area (TPSA) is 29.1 Å². The highest BCUT2D eigenvalue weighted by atomic mass is 127.